The molecule has 1 nitrogen and oxygen atoms in total. The van der Waals surface area contributed by atoms with Gasteiger partial charge in [0.2, 0.25) is 0 Å². The number of halogens is 2. The molecule has 13 heavy (non-hydrogen) atoms. The third-order valence-electron chi connectivity index (χ3n) is 1.71. The molecule has 0 atom stereocenters. The Morgan fingerprint density at radius 3 is 2.77 bits per heavy atom. The summed E-state index contributed by atoms with van der Waals surface area (Å²) in [4.78, 5) is 11.5. The van der Waals surface area contributed by atoms with Gasteiger partial charge >= 0.3 is 0 Å². The molecule has 0 spiro atoms. The summed E-state index contributed by atoms with van der Waals surface area (Å²) in [5, 5.41) is 0.639. The van der Waals surface area contributed by atoms with E-state index in [1.165, 1.54) is 0 Å². The first-order chi connectivity index (χ1) is 6.15. The van der Waals surface area contributed by atoms with E-state index in [9.17, 15) is 4.79 Å². The third kappa shape index (κ3) is 2.82. The van der Waals surface area contributed by atoms with Crippen LogP contribution >= 0.6 is 27.5 Å². The summed E-state index contributed by atoms with van der Waals surface area (Å²) >= 11 is 9.07. The highest BCUT2D eigenvalue weighted by Gasteiger charge is 2.08. The highest BCUT2D eigenvalue weighted by molar-refractivity contribution is 9.10. The van der Waals surface area contributed by atoms with Crippen molar-refractivity contribution in [3.63, 3.8) is 0 Å². The smallest absolute Gasteiger partial charge is 0.163 e. The fourth-order valence-electron chi connectivity index (χ4n) is 1.08. The normalized spacial score (nSPS) is 10.1. The van der Waals surface area contributed by atoms with Gasteiger partial charge in [0.1, 0.15) is 0 Å². The minimum atomic E-state index is 0.158. The summed E-state index contributed by atoms with van der Waals surface area (Å²) in [5.74, 6) is 0.158. The molecule has 0 aliphatic heterocycles. The molecule has 1 aromatic carbocycles. The average Bonchev–Trinajstić information content (AvgIpc) is 2.04. The topological polar surface area (TPSA) is 17.1 Å². The van der Waals surface area contributed by atoms with E-state index < -0.39 is 0 Å². The second-order valence-electron chi connectivity index (χ2n) is 2.80. The van der Waals surface area contributed by atoms with Gasteiger partial charge in [-0.1, -0.05) is 18.5 Å². The van der Waals surface area contributed by atoms with Crippen molar-refractivity contribution in [2.24, 2.45) is 0 Å². The molecule has 0 bridgehead atoms. The first-order valence-corrected chi connectivity index (χ1v) is 5.30. The van der Waals surface area contributed by atoms with Crippen LogP contribution in [0.4, 0.5) is 0 Å². The van der Waals surface area contributed by atoms with Crippen molar-refractivity contribution in [2.75, 3.05) is 0 Å². The van der Waals surface area contributed by atoms with Crippen molar-refractivity contribution in [1.29, 1.82) is 0 Å². The molecule has 0 amide bonds. The van der Waals surface area contributed by atoms with E-state index in [2.05, 4.69) is 15.9 Å². The van der Waals surface area contributed by atoms with Crippen LogP contribution in [0.3, 0.4) is 0 Å². The van der Waals surface area contributed by atoms with Crippen molar-refractivity contribution in [1.82, 2.24) is 0 Å². The summed E-state index contributed by atoms with van der Waals surface area (Å²) < 4.78 is 0.776. The van der Waals surface area contributed by atoms with Crippen molar-refractivity contribution < 1.29 is 4.79 Å². The Morgan fingerprint density at radius 1 is 1.54 bits per heavy atom. The number of hydrogen-bond acceptors (Lipinski definition) is 1. The van der Waals surface area contributed by atoms with Crippen LogP contribution in [0.15, 0.2) is 22.7 Å². The lowest BCUT2D eigenvalue weighted by Gasteiger charge is -2.02. The molecule has 0 N–H and O–H groups in total. The lowest BCUT2D eigenvalue weighted by atomic mass is 10.1. The van der Waals surface area contributed by atoms with Gasteiger partial charge in [-0.25, -0.2) is 0 Å². The van der Waals surface area contributed by atoms with Crippen LogP contribution < -0.4 is 0 Å². The van der Waals surface area contributed by atoms with Gasteiger partial charge in [0.15, 0.2) is 5.78 Å². The van der Waals surface area contributed by atoms with Crippen LogP contribution in [0.1, 0.15) is 30.1 Å². The van der Waals surface area contributed by atoms with Crippen LogP contribution in [0.2, 0.25) is 5.02 Å². The molecule has 3 heteroatoms. The number of carbonyl (C=O) groups is 1. The zero-order valence-corrected chi connectivity index (χ0v) is 9.65. The van der Waals surface area contributed by atoms with E-state index in [4.69, 9.17) is 11.6 Å². The predicted octanol–water partition coefficient (Wildman–Crippen LogP) is 4.09. The maximum Gasteiger partial charge on any atom is 0.163 e. The minimum absolute atomic E-state index is 0.158. The quantitative estimate of drug-likeness (QED) is 0.749. The Kier molecular flexibility index (Phi) is 3.94. The van der Waals surface area contributed by atoms with E-state index in [0.29, 0.717) is 17.0 Å². The maximum atomic E-state index is 11.5. The molecule has 0 radical (unpaired) electrons. The zero-order chi connectivity index (χ0) is 9.84. The molecule has 0 saturated carbocycles. The second-order valence-corrected chi connectivity index (χ2v) is 4.09. The van der Waals surface area contributed by atoms with E-state index in [-0.39, 0.29) is 5.78 Å². The predicted molar refractivity (Wildman–Crippen MR) is 58.4 cm³/mol. The SMILES string of the molecule is CCCC(=O)c1ccc(Cl)cc1Br. The van der Waals surface area contributed by atoms with Crippen LogP contribution in [0.5, 0.6) is 0 Å². The van der Waals surface area contributed by atoms with Crippen molar-refractivity contribution in [3.05, 3.63) is 33.3 Å². The summed E-state index contributed by atoms with van der Waals surface area (Å²) in [6, 6.07) is 5.23. The van der Waals surface area contributed by atoms with Gasteiger partial charge in [-0.05, 0) is 40.5 Å². The molecule has 70 valence electrons. The first-order valence-electron chi connectivity index (χ1n) is 4.13. The number of benzene rings is 1. The van der Waals surface area contributed by atoms with Crippen molar-refractivity contribution >= 4 is 33.3 Å². The molecule has 1 rings (SSSR count). The number of hydrogen-bond donors (Lipinski definition) is 0. The Morgan fingerprint density at radius 2 is 2.23 bits per heavy atom. The summed E-state index contributed by atoms with van der Waals surface area (Å²) in [6.45, 7) is 1.99. The van der Waals surface area contributed by atoms with Gasteiger partial charge in [-0.3, -0.25) is 4.79 Å². The van der Waals surface area contributed by atoms with Crippen molar-refractivity contribution in [2.45, 2.75) is 19.8 Å². The van der Waals surface area contributed by atoms with Crippen LogP contribution in [-0.2, 0) is 0 Å². The minimum Gasteiger partial charge on any atom is -0.294 e. The number of rotatable bonds is 3. The number of carbonyl (C=O) groups excluding carboxylic acids is 1. The molecule has 0 saturated heterocycles. The fraction of sp³-hybridized carbons (Fsp3) is 0.300. The lowest BCUT2D eigenvalue weighted by Crippen LogP contribution is -1.98. The highest BCUT2D eigenvalue weighted by Crippen LogP contribution is 2.22. The summed E-state index contributed by atoms with van der Waals surface area (Å²) in [7, 11) is 0. The Bertz CT molecular complexity index is 323. The molecule has 1 aromatic rings. The summed E-state index contributed by atoms with van der Waals surface area (Å²) in [5.41, 5.74) is 0.714. The van der Waals surface area contributed by atoms with E-state index in [0.717, 1.165) is 10.9 Å². The van der Waals surface area contributed by atoms with Gasteiger partial charge < -0.3 is 0 Å². The van der Waals surface area contributed by atoms with Crippen LogP contribution in [0, 0.1) is 0 Å². The Labute approximate surface area is 91.2 Å². The fourth-order valence-corrected chi connectivity index (χ4v) is 1.98. The Hall–Kier alpha value is -0.340. The van der Waals surface area contributed by atoms with Gasteiger partial charge in [0.05, 0.1) is 0 Å². The lowest BCUT2D eigenvalue weighted by molar-refractivity contribution is 0.0981. The van der Waals surface area contributed by atoms with Gasteiger partial charge in [-0.2, -0.15) is 0 Å². The standard InChI is InChI=1S/C10H10BrClO/c1-2-3-10(13)8-5-4-7(12)6-9(8)11/h4-6H,2-3H2,1H3. The zero-order valence-electron chi connectivity index (χ0n) is 7.31. The van der Waals surface area contributed by atoms with Crippen LogP contribution in [-0.4, -0.2) is 5.78 Å². The van der Waals surface area contributed by atoms with E-state index in [1.807, 2.05) is 6.92 Å². The first kappa shape index (κ1) is 10.7. The number of Topliss-reactive ketones (excluding diaryl/α,β-unsaturated/α-hetero) is 1. The summed E-state index contributed by atoms with van der Waals surface area (Å²) in [6.07, 6.45) is 1.45. The van der Waals surface area contributed by atoms with E-state index >= 15 is 0 Å². The van der Waals surface area contributed by atoms with E-state index in [1.54, 1.807) is 18.2 Å². The molecule has 0 aromatic heterocycles. The molecule has 0 heterocycles. The molecular weight excluding hydrogens is 251 g/mol. The largest absolute Gasteiger partial charge is 0.294 e. The number of ketones is 1. The Balaban J connectivity index is 2.95. The average molecular weight is 262 g/mol. The van der Waals surface area contributed by atoms with Crippen molar-refractivity contribution in [3.8, 4) is 0 Å². The molecule has 0 fully saturated rings. The second kappa shape index (κ2) is 4.77. The molecule has 0 unspecified atom stereocenters. The van der Waals surface area contributed by atoms with Crippen LogP contribution in [0.25, 0.3) is 0 Å². The third-order valence-corrected chi connectivity index (χ3v) is 2.60. The van der Waals surface area contributed by atoms with Gasteiger partial charge in [0.25, 0.3) is 0 Å². The highest BCUT2D eigenvalue weighted by atomic mass is 79.9. The van der Waals surface area contributed by atoms with Gasteiger partial charge in [-0.15, -0.1) is 0 Å². The maximum absolute atomic E-state index is 11.5. The molecule has 0 aliphatic carbocycles. The monoisotopic (exact) mass is 260 g/mol. The molecule has 0 aliphatic rings. The van der Waals surface area contributed by atoms with Gasteiger partial charge in [0, 0.05) is 21.5 Å². The molecular formula is C10H10BrClO.